The lowest BCUT2D eigenvalue weighted by Crippen LogP contribution is -2.48. The minimum Gasteiger partial charge on any atom is -0.349 e. The van der Waals surface area contributed by atoms with Gasteiger partial charge in [-0.25, -0.2) is 0 Å². The van der Waals surface area contributed by atoms with Crippen LogP contribution in [0.25, 0.3) is 0 Å². The first-order valence-electron chi connectivity index (χ1n) is 11.5. The van der Waals surface area contributed by atoms with Crippen molar-refractivity contribution in [3.8, 4) is 0 Å². The molecule has 4 N–H and O–H groups in total. The monoisotopic (exact) mass is 397 g/mol. The molecule has 0 aromatic heterocycles. The molecule has 3 fully saturated rings. The Hall–Kier alpha value is -1.88. The van der Waals surface area contributed by atoms with Crippen molar-refractivity contribution >= 4 is 17.5 Å². The number of hydrogen-bond acceptors (Lipinski definition) is 3. The molecule has 158 valence electrons. The summed E-state index contributed by atoms with van der Waals surface area (Å²) in [6, 6.07) is 6.16. The molecule has 5 nitrogen and oxygen atoms in total. The molecule has 1 aromatic rings. The molecule has 0 radical (unpaired) electrons. The topological polar surface area (TPSA) is 84.2 Å². The lowest BCUT2D eigenvalue weighted by Gasteiger charge is -2.43. The van der Waals surface area contributed by atoms with Gasteiger partial charge in [-0.15, -0.1) is 0 Å². The summed E-state index contributed by atoms with van der Waals surface area (Å²) in [6.07, 6.45) is 11.2. The van der Waals surface area contributed by atoms with E-state index in [4.69, 9.17) is 5.73 Å². The van der Waals surface area contributed by atoms with Crippen molar-refractivity contribution in [1.29, 1.82) is 0 Å². The molecule has 0 saturated heterocycles. The Balaban J connectivity index is 1.36. The SMILES string of the molecule is Cc1cc(C(=O)NC2CCCCC2)ccc1NC(=O)C1CC2CCCC(C1)C2N. The number of carbonyl (C=O) groups is 2. The van der Waals surface area contributed by atoms with Crippen LogP contribution in [0.3, 0.4) is 0 Å². The second-order valence-electron chi connectivity index (χ2n) is 9.52. The summed E-state index contributed by atoms with van der Waals surface area (Å²) >= 11 is 0. The maximum atomic E-state index is 12.9. The highest BCUT2D eigenvalue weighted by molar-refractivity contribution is 5.97. The number of rotatable bonds is 4. The first kappa shape index (κ1) is 20.4. The third-order valence-corrected chi connectivity index (χ3v) is 7.47. The smallest absolute Gasteiger partial charge is 0.251 e. The largest absolute Gasteiger partial charge is 0.349 e. The van der Waals surface area contributed by atoms with Crippen LogP contribution in [0.5, 0.6) is 0 Å². The van der Waals surface area contributed by atoms with Gasteiger partial charge in [0.15, 0.2) is 0 Å². The van der Waals surface area contributed by atoms with Gasteiger partial charge in [0.05, 0.1) is 0 Å². The molecule has 0 aliphatic heterocycles. The van der Waals surface area contributed by atoms with E-state index in [0.29, 0.717) is 23.4 Å². The molecular weight excluding hydrogens is 362 g/mol. The van der Waals surface area contributed by atoms with Gasteiger partial charge in [0.1, 0.15) is 0 Å². The fraction of sp³-hybridized carbons (Fsp3) is 0.667. The maximum Gasteiger partial charge on any atom is 0.251 e. The Bertz CT molecular complexity index is 742. The molecule has 4 rings (SSSR count). The molecule has 0 spiro atoms. The standard InChI is InChI=1S/C24H35N3O2/c1-15-12-18(23(28)26-20-8-3-2-4-9-20)10-11-21(15)27-24(29)19-13-16-6-5-7-17(14-19)22(16)25/h10-12,16-17,19-20,22H,2-9,13-14,25H2,1H3,(H,26,28)(H,27,29). The third kappa shape index (κ3) is 4.66. The molecule has 2 atom stereocenters. The van der Waals surface area contributed by atoms with Crippen molar-refractivity contribution < 1.29 is 9.59 Å². The minimum absolute atomic E-state index is 0.00744. The number of anilines is 1. The lowest BCUT2D eigenvalue weighted by molar-refractivity contribution is -0.122. The van der Waals surface area contributed by atoms with Gasteiger partial charge in [-0.2, -0.15) is 0 Å². The van der Waals surface area contributed by atoms with E-state index in [-0.39, 0.29) is 23.8 Å². The first-order chi connectivity index (χ1) is 14.0. The fourth-order valence-corrected chi connectivity index (χ4v) is 5.70. The molecule has 2 bridgehead atoms. The molecule has 29 heavy (non-hydrogen) atoms. The van der Waals surface area contributed by atoms with Crippen LogP contribution >= 0.6 is 0 Å². The Morgan fingerprint density at radius 3 is 2.31 bits per heavy atom. The molecule has 1 aromatic carbocycles. The molecule has 2 unspecified atom stereocenters. The zero-order valence-corrected chi connectivity index (χ0v) is 17.6. The van der Waals surface area contributed by atoms with Crippen molar-refractivity contribution in [2.75, 3.05) is 5.32 Å². The van der Waals surface area contributed by atoms with Crippen molar-refractivity contribution in [1.82, 2.24) is 5.32 Å². The van der Waals surface area contributed by atoms with Crippen LogP contribution in [0.4, 0.5) is 5.69 Å². The summed E-state index contributed by atoms with van der Waals surface area (Å²) < 4.78 is 0. The Kier molecular flexibility index (Phi) is 6.23. The van der Waals surface area contributed by atoms with Crippen LogP contribution < -0.4 is 16.4 Å². The quantitative estimate of drug-likeness (QED) is 0.713. The summed E-state index contributed by atoms with van der Waals surface area (Å²) in [4.78, 5) is 25.5. The second kappa shape index (κ2) is 8.86. The van der Waals surface area contributed by atoms with Crippen LogP contribution in [0.1, 0.15) is 80.1 Å². The number of benzene rings is 1. The molecule has 3 saturated carbocycles. The Morgan fingerprint density at radius 1 is 0.966 bits per heavy atom. The summed E-state index contributed by atoms with van der Waals surface area (Å²) in [5, 5.41) is 6.28. The van der Waals surface area contributed by atoms with Gasteiger partial charge >= 0.3 is 0 Å². The molecule has 0 heterocycles. The summed E-state index contributed by atoms with van der Waals surface area (Å²) in [5.41, 5.74) is 8.78. The number of carbonyl (C=O) groups excluding carboxylic acids is 2. The van der Waals surface area contributed by atoms with Gasteiger partial charge in [0.2, 0.25) is 5.91 Å². The van der Waals surface area contributed by atoms with Crippen molar-refractivity contribution in [2.45, 2.75) is 83.2 Å². The summed E-state index contributed by atoms with van der Waals surface area (Å²) in [7, 11) is 0. The van der Waals surface area contributed by atoms with Crippen LogP contribution in [-0.4, -0.2) is 23.9 Å². The Labute approximate surface area is 174 Å². The van der Waals surface area contributed by atoms with E-state index in [1.54, 1.807) is 0 Å². The van der Waals surface area contributed by atoms with Crippen LogP contribution in [0.2, 0.25) is 0 Å². The van der Waals surface area contributed by atoms with Gasteiger partial charge in [0.25, 0.3) is 5.91 Å². The number of hydrogen-bond donors (Lipinski definition) is 3. The lowest BCUT2D eigenvalue weighted by atomic mass is 9.65. The van der Waals surface area contributed by atoms with E-state index in [2.05, 4.69) is 10.6 Å². The molecule has 3 aliphatic rings. The van der Waals surface area contributed by atoms with Crippen molar-refractivity contribution in [2.24, 2.45) is 23.5 Å². The predicted octanol–water partition coefficient (Wildman–Crippen LogP) is 4.15. The Morgan fingerprint density at radius 2 is 1.66 bits per heavy atom. The number of nitrogens with two attached hydrogens (primary N) is 1. The average Bonchev–Trinajstić information content (AvgIpc) is 2.70. The molecular formula is C24H35N3O2. The molecule has 2 amide bonds. The highest BCUT2D eigenvalue weighted by atomic mass is 16.2. The van der Waals surface area contributed by atoms with Crippen LogP contribution in [0.15, 0.2) is 18.2 Å². The summed E-state index contributed by atoms with van der Waals surface area (Å²) in [5.74, 6) is 1.14. The van der Waals surface area contributed by atoms with E-state index >= 15 is 0 Å². The number of fused-ring (bicyclic) bond motifs is 2. The zero-order chi connectivity index (χ0) is 20.4. The van der Waals surface area contributed by atoms with E-state index in [1.165, 1.54) is 25.7 Å². The maximum absolute atomic E-state index is 12.9. The highest BCUT2D eigenvalue weighted by Crippen LogP contribution is 2.42. The van der Waals surface area contributed by atoms with Crippen molar-refractivity contribution in [3.63, 3.8) is 0 Å². The number of amides is 2. The average molecular weight is 398 g/mol. The van der Waals surface area contributed by atoms with Crippen LogP contribution in [-0.2, 0) is 4.79 Å². The van der Waals surface area contributed by atoms with E-state index in [9.17, 15) is 9.59 Å². The van der Waals surface area contributed by atoms with E-state index in [1.807, 2.05) is 25.1 Å². The van der Waals surface area contributed by atoms with Gasteiger partial charge < -0.3 is 16.4 Å². The summed E-state index contributed by atoms with van der Waals surface area (Å²) in [6.45, 7) is 1.96. The number of nitrogens with one attached hydrogen (secondary N) is 2. The van der Waals surface area contributed by atoms with Gasteiger partial charge in [0, 0.05) is 29.3 Å². The minimum atomic E-state index is -0.00744. The molecule has 5 heteroatoms. The molecule has 3 aliphatic carbocycles. The third-order valence-electron chi connectivity index (χ3n) is 7.47. The van der Waals surface area contributed by atoms with Gasteiger partial charge in [-0.05, 0) is 81.0 Å². The highest BCUT2D eigenvalue weighted by Gasteiger charge is 2.40. The van der Waals surface area contributed by atoms with Gasteiger partial charge in [-0.3, -0.25) is 9.59 Å². The normalized spacial score (nSPS) is 29.9. The fourth-order valence-electron chi connectivity index (χ4n) is 5.70. The first-order valence-corrected chi connectivity index (χ1v) is 11.5. The van der Waals surface area contributed by atoms with Gasteiger partial charge in [-0.1, -0.05) is 25.7 Å². The number of aryl methyl sites for hydroxylation is 1. The van der Waals surface area contributed by atoms with E-state index < -0.39 is 0 Å². The zero-order valence-electron chi connectivity index (χ0n) is 17.6. The van der Waals surface area contributed by atoms with Crippen LogP contribution in [0, 0.1) is 24.7 Å². The second-order valence-corrected chi connectivity index (χ2v) is 9.52. The van der Waals surface area contributed by atoms with Crippen molar-refractivity contribution in [3.05, 3.63) is 29.3 Å². The predicted molar refractivity (Wildman–Crippen MR) is 116 cm³/mol. The van der Waals surface area contributed by atoms with E-state index in [0.717, 1.165) is 49.8 Å².